The number of rotatable bonds is 4. The molecule has 0 fully saturated rings. The van der Waals surface area contributed by atoms with E-state index in [9.17, 15) is 18.4 Å². The fourth-order valence-corrected chi connectivity index (χ4v) is 4.10. The molecule has 1 aliphatic rings. The summed E-state index contributed by atoms with van der Waals surface area (Å²) in [5, 5.41) is 4.59. The molecule has 0 saturated carbocycles. The Morgan fingerprint density at radius 2 is 1.84 bits per heavy atom. The van der Waals surface area contributed by atoms with Gasteiger partial charge >= 0.3 is 0 Å². The van der Waals surface area contributed by atoms with Crippen LogP contribution in [0.3, 0.4) is 0 Å². The SMILES string of the molecule is Cc1cc(F)cc(CC(=O)N2CCn3nc(-c4cc(F)cc(Cl)c4)c(C(N)=O)c3C2)c1. The lowest BCUT2D eigenvalue weighted by atomic mass is 10.0. The van der Waals surface area contributed by atoms with Crippen LogP contribution in [0, 0.1) is 18.6 Å². The van der Waals surface area contributed by atoms with Crippen LogP contribution in [0.15, 0.2) is 36.4 Å². The van der Waals surface area contributed by atoms with Crippen molar-refractivity contribution in [2.45, 2.75) is 26.4 Å². The first kappa shape index (κ1) is 21.0. The van der Waals surface area contributed by atoms with Gasteiger partial charge in [0.2, 0.25) is 5.91 Å². The second-order valence-electron chi connectivity index (χ2n) is 7.54. The number of halogens is 3. The van der Waals surface area contributed by atoms with Gasteiger partial charge in [-0.2, -0.15) is 5.10 Å². The highest BCUT2D eigenvalue weighted by atomic mass is 35.5. The third-order valence-electron chi connectivity index (χ3n) is 5.17. The lowest BCUT2D eigenvalue weighted by molar-refractivity contribution is -0.132. The van der Waals surface area contributed by atoms with Crippen LogP contribution in [0.4, 0.5) is 8.78 Å². The van der Waals surface area contributed by atoms with Crippen molar-refractivity contribution in [3.05, 3.63) is 75.4 Å². The molecule has 0 saturated heterocycles. The summed E-state index contributed by atoms with van der Waals surface area (Å²) in [4.78, 5) is 26.7. The van der Waals surface area contributed by atoms with E-state index in [2.05, 4.69) is 5.10 Å². The van der Waals surface area contributed by atoms with Crippen LogP contribution in [-0.2, 0) is 24.3 Å². The van der Waals surface area contributed by atoms with Crippen molar-refractivity contribution in [3.63, 3.8) is 0 Å². The first-order valence-electron chi connectivity index (χ1n) is 9.61. The molecule has 2 heterocycles. The number of hydrogen-bond acceptors (Lipinski definition) is 3. The lowest BCUT2D eigenvalue weighted by Crippen LogP contribution is -2.40. The summed E-state index contributed by atoms with van der Waals surface area (Å²) in [5.74, 6) is -1.89. The molecule has 9 heteroatoms. The van der Waals surface area contributed by atoms with Crippen molar-refractivity contribution >= 4 is 23.4 Å². The number of fused-ring (bicyclic) bond motifs is 1. The number of primary amides is 1. The monoisotopic (exact) mass is 444 g/mol. The van der Waals surface area contributed by atoms with Crippen LogP contribution in [0.5, 0.6) is 0 Å². The highest BCUT2D eigenvalue weighted by molar-refractivity contribution is 6.30. The minimum Gasteiger partial charge on any atom is -0.365 e. The van der Waals surface area contributed by atoms with Crippen LogP contribution >= 0.6 is 11.6 Å². The van der Waals surface area contributed by atoms with Gasteiger partial charge in [-0.15, -0.1) is 0 Å². The summed E-state index contributed by atoms with van der Waals surface area (Å²) in [6.07, 6.45) is 0.0327. The highest BCUT2D eigenvalue weighted by Gasteiger charge is 2.30. The first-order valence-corrected chi connectivity index (χ1v) is 9.99. The summed E-state index contributed by atoms with van der Waals surface area (Å²) in [6.45, 7) is 2.58. The molecule has 2 aromatic carbocycles. The molecular weight excluding hydrogens is 426 g/mol. The van der Waals surface area contributed by atoms with E-state index in [0.29, 0.717) is 29.9 Å². The summed E-state index contributed by atoms with van der Waals surface area (Å²) in [7, 11) is 0. The number of aryl methyl sites for hydroxylation is 1. The second kappa shape index (κ2) is 8.11. The van der Waals surface area contributed by atoms with Gasteiger partial charge in [0.25, 0.3) is 5.91 Å². The Labute approximate surface area is 182 Å². The topological polar surface area (TPSA) is 81.2 Å². The molecular formula is C22H19ClF2N4O2. The molecule has 0 bridgehead atoms. The maximum atomic E-state index is 13.8. The van der Waals surface area contributed by atoms with E-state index < -0.39 is 17.5 Å². The van der Waals surface area contributed by atoms with Crippen molar-refractivity contribution in [2.24, 2.45) is 5.73 Å². The molecule has 0 unspecified atom stereocenters. The number of carbonyl (C=O) groups is 2. The quantitative estimate of drug-likeness (QED) is 0.669. The smallest absolute Gasteiger partial charge is 0.252 e. The fourth-order valence-electron chi connectivity index (χ4n) is 3.88. The number of carbonyl (C=O) groups excluding carboxylic acids is 2. The van der Waals surface area contributed by atoms with Crippen molar-refractivity contribution in [1.29, 1.82) is 0 Å². The maximum Gasteiger partial charge on any atom is 0.252 e. The molecule has 1 aliphatic heterocycles. The Bertz CT molecular complexity index is 1170. The van der Waals surface area contributed by atoms with Gasteiger partial charge in [-0.25, -0.2) is 8.78 Å². The van der Waals surface area contributed by atoms with Crippen molar-refractivity contribution in [3.8, 4) is 11.3 Å². The standard InChI is InChI=1S/C22H19ClF2N4O2/c1-12-4-13(6-16(24)5-12)7-19(30)28-2-3-29-18(11-28)20(22(26)31)21(27-29)14-8-15(23)10-17(25)9-14/h4-6,8-10H,2-3,7,11H2,1H3,(H2,26,31). The van der Waals surface area contributed by atoms with Crippen LogP contribution in [-0.4, -0.2) is 33.0 Å². The zero-order valence-electron chi connectivity index (χ0n) is 16.7. The van der Waals surface area contributed by atoms with E-state index in [1.807, 2.05) is 0 Å². The Hall–Kier alpha value is -3.26. The second-order valence-corrected chi connectivity index (χ2v) is 7.98. The zero-order valence-corrected chi connectivity index (χ0v) is 17.4. The average molecular weight is 445 g/mol. The predicted octanol–water partition coefficient (Wildman–Crippen LogP) is 3.47. The maximum absolute atomic E-state index is 13.8. The van der Waals surface area contributed by atoms with Crippen LogP contribution in [0.2, 0.25) is 5.02 Å². The third kappa shape index (κ3) is 4.29. The molecule has 1 aromatic heterocycles. The molecule has 31 heavy (non-hydrogen) atoms. The molecule has 2 N–H and O–H groups in total. The van der Waals surface area contributed by atoms with E-state index in [1.54, 1.807) is 22.6 Å². The van der Waals surface area contributed by atoms with Gasteiger partial charge in [-0.1, -0.05) is 17.7 Å². The predicted molar refractivity (Wildman–Crippen MR) is 111 cm³/mol. The van der Waals surface area contributed by atoms with Crippen LogP contribution in [0.1, 0.15) is 27.2 Å². The van der Waals surface area contributed by atoms with E-state index in [4.69, 9.17) is 17.3 Å². The average Bonchev–Trinajstić information content (AvgIpc) is 3.05. The molecule has 3 aromatic rings. The van der Waals surface area contributed by atoms with E-state index in [0.717, 1.165) is 11.6 Å². The van der Waals surface area contributed by atoms with Crippen molar-refractivity contribution < 1.29 is 18.4 Å². The normalized spacial score (nSPS) is 13.2. The number of hydrogen-bond donors (Lipinski definition) is 1. The van der Waals surface area contributed by atoms with Crippen molar-refractivity contribution in [2.75, 3.05) is 6.54 Å². The Morgan fingerprint density at radius 3 is 2.52 bits per heavy atom. The van der Waals surface area contributed by atoms with Crippen LogP contribution < -0.4 is 5.73 Å². The minimum atomic E-state index is -0.730. The molecule has 0 radical (unpaired) electrons. The zero-order chi connectivity index (χ0) is 22.3. The third-order valence-corrected chi connectivity index (χ3v) is 5.39. The number of nitrogens with zero attached hydrogens (tertiary/aromatic N) is 3. The number of nitrogens with two attached hydrogens (primary N) is 1. The van der Waals surface area contributed by atoms with Crippen LogP contribution in [0.25, 0.3) is 11.3 Å². The summed E-state index contributed by atoms with van der Waals surface area (Å²) < 4.78 is 29.1. The largest absolute Gasteiger partial charge is 0.365 e. The molecule has 4 rings (SSSR count). The number of amides is 2. The highest BCUT2D eigenvalue weighted by Crippen LogP contribution is 2.30. The summed E-state index contributed by atoms with van der Waals surface area (Å²) in [6, 6.07) is 8.37. The van der Waals surface area contributed by atoms with Gasteiger partial charge < -0.3 is 10.6 Å². The Morgan fingerprint density at radius 1 is 1.10 bits per heavy atom. The first-order chi connectivity index (χ1) is 14.7. The lowest BCUT2D eigenvalue weighted by Gasteiger charge is -2.28. The summed E-state index contributed by atoms with van der Waals surface area (Å²) >= 11 is 5.95. The van der Waals surface area contributed by atoms with Gasteiger partial charge in [0.1, 0.15) is 17.3 Å². The van der Waals surface area contributed by atoms with E-state index in [-0.39, 0.29) is 35.2 Å². The van der Waals surface area contributed by atoms with Gasteiger partial charge in [-0.3, -0.25) is 14.3 Å². The van der Waals surface area contributed by atoms with E-state index in [1.165, 1.54) is 24.3 Å². The van der Waals surface area contributed by atoms with Gasteiger partial charge in [0, 0.05) is 17.1 Å². The Balaban J connectivity index is 1.65. The molecule has 0 atom stereocenters. The molecule has 0 aliphatic carbocycles. The number of benzene rings is 2. The molecule has 6 nitrogen and oxygen atoms in total. The van der Waals surface area contributed by atoms with Gasteiger partial charge in [-0.05, 0) is 48.4 Å². The Kier molecular flexibility index (Phi) is 5.49. The molecule has 2 amide bonds. The molecule has 0 spiro atoms. The van der Waals surface area contributed by atoms with Gasteiger partial charge in [0.15, 0.2) is 0 Å². The fraction of sp³-hybridized carbons (Fsp3) is 0.227. The van der Waals surface area contributed by atoms with Crippen molar-refractivity contribution in [1.82, 2.24) is 14.7 Å². The van der Waals surface area contributed by atoms with E-state index >= 15 is 0 Å². The van der Waals surface area contributed by atoms with Gasteiger partial charge in [0.05, 0.1) is 30.8 Å². The summed E-state index contributed by atoms with van der Waals surface area (Å²) in [5.41, 5.74) is 8.06. The minimum absolute atomic E-state index is 0.0327. The number of aromatic nitrogens is 2. The molecule has 160 valence electrons.